The quantitative estimate of drug-likeness (QED) is 0.667. The van der Waals surface area contributed by atoms with E-state index in [1.807, 2.05) is 53.7 Å². The maximum absolute atomic E-state index is 11.8. The van der Waals surface area contributed by atoms with Crippen LogP contribution >= 0.6 is 0 Å². The molecule has 0 amide bonds. The lowest BCUT2D eigenvalue weighted by Gasteiger charge is -2.37. The molecule has 8 nitrogen and oxygen atoms in total. The van der Waals surface area contributed by atoms with Crippen LogP contribution in [-0.4, -0.2) is 52.2 Å². The number of aromatic nitrogens is 5. The molecule has 0 spiro atoms. The molecule has 1 unspecified atom stereocenters. The van der Waals surface area contributed by atoms with Crippen molar-refractivity contribution in [3.8, 4) is 11.1 Å². The summed E-state index contributed by atoms with van der Waals surface area (Å²) in [6.07, 6.45) is 9.34. The Kier molecular flexibility index (Phi) is 4.66. The Labute approximate surface area is 155 Å². The van der Waals surface area contributed by atoms with Gasteiger partial charge in [0.2, 0.25) is 0 Å². The summed E-state index contributed by atoms with van der Waals surface area (Å²) in [7, 11) is 1.88. The van der Waals surface area contributed by atoms with Gasteiger partial charge in [-0.05, 0) is 24.6 Å². The molecule has 4 heterocycles. The minimum absolute atomic E-state index is 0.286. The number of hydrogen-bond acceptors (Lipinski definition) is 6. The van der Waals surface area contributed by atoms with E-state index in [0.29, 0.717) is 5.75 Å². The van der Waals surface area contributed by atoms with Gasteiger partial charge in [-0.2, -0.15) is 10.2 Å². The largest absolute Gasteiger partial charge is 0.598 e. The molecule has 0 aromatic carbocycles. The Bertz CT molecular complexity index is 887. The van der Waals surface area contributed by atoms with E-state index in [4.69, 9.17) is 0 Å². The number of anilines is 2. The number of nitrogens with zero attached hydrogens (tertiary/aromatic N) is 6. The van der Waals surface area contributed by atoms with Crippen molar-refractivity contribution in [3.63, 3.8) is 0 Å². The van der Waals surface area contributed by atoms with Crippen molar-refractivity contribution in [2.75, 3.05) is 24.2 Å². The van der Waals surface area contributed by atoms with E-state index >= 15 is 0 Å². The Hall–Kier alpha value is -2.36. The van der Waals surface area contributed by atoms with Gasteiger partial charge in [0, 0.05) is 42.6 Å². The van der Waals surface area contributed by atoms with Gasteiger partial charge < -0.3 is 9.87 Å². The number of pyridine rings is 1. The van der Waals surface area contributed by atoms with Crippen LogP contribution in [0.5, 0.6) is 0 Å². The highest BCUT2D eigenvalue weighted by atomic mass is 32.2. The number of aryl methyl sites for hydroxylation is 1. The van der Waals surface area contributed by atoms with Crippen molar-refractivity contribution < 1.29 is 4.55 Å². The van der Waals surface area contributed by atoms with Gasteiger partial charge in [-0.3, -0.25) is 9.36 Å². The summed E-state index contributed by atoms with van der Waals surface area (Å²) < 4.78 is 17.5. The van der Waals surface area contributed by atoms with Crippen LogP contribution < -0.4 is 5.32 Å². The van der Waals surface area contributed by atoms with Crippen molar-refractivity contribution in [2.24, 2.45) is 7.05 Å². The standard InChI is InChI=1S/C17H21N7OS/c1-3-26(25)23-11-16(12-23)24-9-14(7-20-24)13-4-5-18-17(6-13)21-15-8-19-22(2)10-15/h4-10,16H,3,11-12H2,1-2H3,(H,18,21). The summed E-state index contributed by atoms with van der Waals surface area (Å²) in [5.74, 6) is 1.43. The molecule has 0 saturated carbocycles. The highest BCUT2D eigenvalue weighted by molar-refractivity contribution is 7.89. The lowest BCUT2D eigenvalue weighted by Crippen LogP contribution is -2.51. The third-order valence-corrected chi connectivity index (χ3v) is 5.78. The molecule has 9 heteroatoms. The Morgan fingerprint density at radius 3 is 2.81 bits per heavy atom. The topological polar surface area (TPSA) is 86.9 Å². The number of nitrogens with one attached hydrogen (secondary N) is 1. The fraction of sp³-hybridized carbons (Fsp3) is 0.353. The average Bonchev–Trinajstić information content (AvgIpc) is 3.23. The van der Waals surface area contributed by atoms with Gasteiger partial charge in [-0.15, -0.1) is 4.31 Å². The van der Waals surface area contributed by atoms with Crippen LogP contribution in [0.4, 0.5) is 11.5 Å². The lowest BCUT2D eigenvalue weighted by atomic mass is 10.1. The predicted octanol–water partition coefficient (Wildman–Crippen LogP) is 1.96. The minimum atomic E-state index is -0.861. The van der Waals surface area contributed by atoms with Crippen molar-refractivity contribution >= 4 is 22.9 Å². The second kappa shape index (κ2) is 7.10. The summed E-state index contributed by atoms with van der Waals surface area (Å²) in [6, 6.07) is 4.25. The fourth-order valence-corrected chi connectivity index (χ4v) is 3.97. The molecule has 1 aliphatic heterocycles. The zero-order valence-electron chi connectivity index (χ0n) is 14.7. The summed E-state index contributed by atoms with van der Waals surface area (Å²) in [5, 5.41) is 11.9. The van der Waals surface area contributed by atoms with Gasteiger partial charge in [0.25, 0.3) is 0 Å². The summed E-state index contributed by atoms with van der Waals surface area (Å²) in [6.45, 7) is 3.51. The maximum Gasteiger partial charge on any atom is 0.130 e. The fourth-order valence-electron chi connectivity index (χ4n) is 2.93. The van der Waals surface area contributed by atoms with Crippen LogP contribution in [0.2, 0.25) is 0 Å². The molecule has 3 aromatic heterocycles. The van der Waals surface area contributed by atoms with Crippen LogP contribution in [0.3, 0.4) is 0 Å². The van der Waals surface area contributed by atoms with Crippen LogP contribution in [0.1, 0.15) is 13.0 Å². The van der Waals surface area contributed by atoms with Crippen LogP contribution in [0.25, 0.3) is 11.1 Å². The molecule has 1 fully saturated rings. The highest BCUT2D eigenvalue weighted by Gasteiger charge is 2.36. The number of hydrogen-bond donors (Lipinski definition) is 1. The van der Waals surface area contributed by atoms with Crippen molar-refractivity contribution in [1.82, 2.24) is 28.9 Å². The summed E-state index contributed by atoms with van der Waals surface area (Å²) >= 11 is -0.861. The third-order valence-electron chi connectivity index (χ3n) is 4.41. The molecule has 1 N–H and O–H groups in total. The molecule has 0 aliphatic carbocycles. The van der Waals surface area contributed by atoms with Crippen LogP contribution in [-0.2, 0) is 18.4 Å². The Morgan fingerprint density at radius 1 is 1.23 bits per heavy atom. The monoisotopic (exact) mass is 371 g/mol. The van der Waals surface area contributed by atoms with Crippen molar-refractivity contribution in [2.45, 2.75) is 13.0 Å². The first kappa shape index (κ1) is 17.1. The molecule has 3 aromatic rings. The Balaban J connectivity index is 1.45. The highest BCUT2D eigenvalue weighted by Crippen LogP contribution is 2.27. The van der Waals surface area contributed by atoms with Crippen LogP contribution in [0.15, 0.2) is 43.1 Å². The van der Waals surface area contributed by atoms with Crippen molar-refractivity contribution in [3.05, 3.63) is 43.1 Å². The zero-order chi connectivity index (χ0) is 18.1. The molecule has 0 radical (unpaired) electrons. The molecule has 26 heavy (non-hydrogen) atoms. The number of rotatable bonds is 6. The molecule has 136 valence electrons. The third kappa shape index (κ3) is 3.46. The predicted molar refractivity (Wildman–Crippen MR) is 101 cm³/mol. The van der Waals surface area contributed by atoms with Crippen LogP contribution in [0, 0.1) is 0 Å². The first-order valence-electron chi connectivity index (χ1n) is 8.52. The molecule has 1 aliphatic rings. The van der Waals surface area contributed by atoms with Gasteiger partial charge in [0.05, 0.1) is 37.2 Å². The van der Waals surface area contributed by atoms with E-state index in [0.717, 1.165) is 35.7 Å². The summed E-state index contributed by atoms with van der Waals surface area (Å²) in [4.78, 5) is 4.36. The molecule has 1 atom stereocenters. The smallest absolute Gasteiger partial charge is 0.130 e. The molecule has 1 saturated heterocycles. The van der Waals surface area contributed by atoms with E-state index in [1.165, 1.54) is 0 Å². The van der Waals surface area contributed by atoms with E-state index in [-0.39, 0.29) is 6.04 Å². The Morgan fingerprint density at radius 2 is 2.08 bits per heavy atom. The molecular weight excluding hydrogens is 350 g/mol. The van der Waals surface area contributed by atoms with E-state index in [9.17, 15) is 4.55 Å². The summed E-state index contributed by atoms with van der Waals surface area (Å²) in [5.41, 5.74) is 2.98. The minimum Gasteiger partial charge on any atom is -0.598 e. The van der Waals surface area contributed by atoms with Gasteiger partial charge in [-0.1, -0.05) is 0 Å². The first-order chi connectivity index (χ1) is 12.6. The van der Waals surface area contributed by atoms with Crippen molar-refractivity contribution in [1.29, 1.82) is 0 Å². The lowest BCUT2D eigenvalue weighted by molar-refractivity contribution is 0.191. The molecule has 0 bridgehead atoms. The van der Waals surface area contributed by atoms with E-state index in [2.05, 4.69) is 20.5 Å². The van der Waals surface area contributed by atoms with Gasteiger partial charge in [0.15, 0.2) is 0 Å². The second-order valence-electron chi connectivity index (χ2n) is 6.28. The normalized spacial score (nSPS) is 16.4. The van der Waals surface area contributed by atoms with Gasteiger partial charge in [0.1, 0.15) is 11.6 Å². The second-order valence-corrected chi connectivity index (χ2v) is 8.01. The van der Waals surface area contributed by atoms with Gasteiger partial charge >= 0.3 is 0 Å². The zero-order valence-corrected chi connectivity index (χ0v) is 15.6. The van der Waals surface area contributed by atoms with E-state index in [1.54, 1.807) is 17.1 Å². The average molecular weight is 371 g/mol. The molecular formula is C17H21N7OS. The van der Waals surface area contributed by atoms with E-state index < -0.39 is 11.4 Å². The first-order valence-corrected chi connectivity index (χ1v) is 9.79. The SMILES string of the molecule is CC[S+]([O-])N1CC(n2cc(-c3ccnc(Nc4cnn(C)c4)c3)cn2)C1. The van der Waals surface area contributed by atoms with Gasteiger partial charge in [-0.25, -0.2) is 4.98 Å². The maximum atomic E-state index is 11.8. The molecule has 4 rings (SSSR count).